The van der Waals surface area contributed by atoms with Crippen LogP contribution in [-0.4, -0.2) is 24.8 Å². The van der Waals surface area contributed by atoms with E-state index in [0.717, 1.165) is 11.1 Å². The summed E-state index contributed by atoms with van der Waals surface area (Å²) in [6, 6.07) is 22.7. The Morgan fingerprint density at radius 1 is 1.06 bits per heavy atom. The zero-order valence-electron chi connectivity index (χ0n) is 18.0. The van der Waals surface area contributed by atoms with Gasteiger partial charge >= 0.3 is 0 Å². The topological polar surface area (TPSA) is 51.1 Å². The molecule has 0 N–H and O–H groups in total. The number of nitrogens with zero attached hydrogens (tertiary/aromatic N) is 2. The molecule has 0 aromatic heterocycles. The molecule has 1 heterocycles. The Labute approximate surface area is 201 Å². The van der Waals surface area contributed by atoms with Crippen LogP contribution in [0.25, 0.3) is 6.08 Å². The van der Waals surface area contributed by atoms with Gasteiger partial charge in [-0.25, -0.2) is 0 Å². The van der Waals surface area contributed by atoms with E-state index < -0.39 is 0 Å². The first-order chi connectivity index (χ1) is 16.1. The molecule has 5 nitrogen and oxygen atoms in total. The molecule has 0 atom stereocenters. The maximum Gasteiger partial charge on any atom is 0.281 e. The molecule has 0 saturated heterocycles. The van der Waals surface area contributed by atoms with E-state index in [1.165, 1.54) is 5.01 Å². The SMILES string of the molecule is C#CCOc1c(Br)cc(/C=C2\C(=O)N(c3ccccc3)N=C2c2ccccc2)cc1OCC. The first kappa shape index (κ1) is 22.4. The van der Waals surface area contributed by atoms with Crippen LogP contribution in [0.5, 0.6) is 11.5 Å². The van der Waals surface area contributed by atoms with Crippen LogP contribution in [0.4, 0.5) is 5.69 Å². The largest absolute Gasteiger partial charge is 0.490 e. The van der Waals surface area contributed by atoms with Crippen molar-refractivity contribution in [1.29, 1.82) is 0 Å². The number of carbonyl (C=O) groups excluding carboxylic acids is 1. The van der Waals surface area contributed by atoms with E-state index in [9.17, 15) is 4.79 Å². The third kappa shape index (κ3) is 4.84. The molecule has 0 unspecified atom stereocenters. The summed E-state index contributed by atoms with van der Waals surface area (Å²) in [6.45, 7) is 2.47. The van der Waals surface area contributed by atoms with Crippen molar-refractivity contribution in [2.24, 2.45) is 5.10 Å². The Balaban J connectivity index is 1.80. The fourth-order valence-electron chi connectivity index (χ4n) is 3.45. The minimum atomic E-state index is -0.207. The van der Waals surface area contributed by atoms with Gasteiger partial charge in [-0.1, -0.05) is 54.5 Å². The summed E-state index contributed by atoms with van der Waals surface area (Å²) in [6.07, 6.45) is 7.15. The van der Waals surface area contributed by atoms with Crippen molar-refractivity contribution in [3.8, 4) is 23.8 Å². The lowest BCUT2D eigenvalue weighted by Gasteiger charge is -2.14. The molecule has 1 aliphatic heterocycles. The van der Waals surface area contributed by atoms with E-state index in [0.29, 0.717) is 39.6 Å². The van der Waals surface area contributed by atoms with E-state index in [2.05, 4.69) is 27.0 Å². The fraction of sp³-hybridized carbons (Fsp3) is 0.111. The second kappa shape index (κ2) is 10.2. The molecular weight excluding hydrogens is 480 g/mol. The maximum absolute atomic E-state index is 13.5. The van der Waals surface area contributed by atoms with E-state index >= 15 is 0 Å². The molecular formula is C27H21BrN2O3. The van der Waals surface area contributed by atoms with Gasteiger partial charge in [0, 0.05) is 5.56 Å². The molecule has 0 saturated carbocycles. The molecule has 3 aromatic carbocycles. The van der Waals surface area contributed by atoms with Gasteiger partial charge in [-0.15, -0.1) is 6.42 Å². The van der Waals surface area contributed by atoms with Gasteiger partial charge in [-0.05, 0) is 58.8 Å². The molecule has 0 bridgehead atoms. The number of halogens is 1. The normalized spacial score (nSPS) is 14.2. The molecule has 4 rings (SSSR count). The van der Waals surface area contributed by atoms with Gasteiger partial charge in [0.25, 0.3) is 5.91 Å². The fourth-order valence-corrected chi connectivity index (χ4v) is 4.03. The Kier molecular flexibility index (Phi) is 6.92. The summed E-state index contributed by atoms with van der Waals surface area (Å²) in [5.41, 5.74) is 3.41. The second-order valence-electron chi connectivity index (χ2n) is 7.08. The highest BCUT2D eigenvalue weighted by Crippen LogP contribution is 2.38. The lowest BCUT2D eigenvalue weighted by Crippen LogP contribution is -2.21. The zero-order valence-corrected chi connectivity index (χ0v) is 19.6. The number of para-hydroxylation sites is 1. The lowest BCUT2D eigenvalue weighted by atomic mass is 10.00. The van der Waals surface area contributed by atoms with E-state index in [1.54, 1.807) is 0 Å². The number of carbonyl (C=O) groups is 1. The lowest BCUT2D eigenvalue weighted by molar-refractivity contribution is -0.114. The van der Waals surface area contributed by atoms with Crippen molar-refractivity contribution in [1.82, 2.24) is 0 Å². The van der Waals surface area contributed by atoms with Crippen molar-refractivity contribution < 1.29 is 14.3 Å². The van der Waals surface area contributed by atoms with Crippen LogP contribution in [-0.2, 0) is 4.79 Å². The first-order valence-corrected chi connectivity index (χ1v) is 11.2. The molecule has 0 radical (unpaired) electrons. The van der Waals surface area contributed by atoms with E-state index in [4.69, 9.17) is 15.9 Å². The number of anilines is 1. The van der Waals surface area contributed by atoms with Gasteiger partial charge in [0.2, 0.25) is 0 Å². The highest BCUT2D eigenvalue weighted by atomic mass is 79.9. The van der Waals surface area contributed by atoms with Crippen molar-refractivity contribution in [2.45, 2.75) is 6.92 Å². The number of hydrogen-bond acceptors (Lipinski definition) is 4. The summed E-state index contributed by atoms with van der Waals surface area (Å²) < 4.78 is 12.1. The molecule has 1 aliphatic rings. The van der Waals surface area contributed by atoms with Crippen LogP contribution in [0.15, 0.2) is 87.9 Å². The van der Waals surface area contributed by atoms with Gasteiger partial charge in [0.1, 0.15) is 12.3 Å². The van der Waals surface area contributed by atoms with Crippen LogP contribution in [0.3, 0.4) is 0 Å². The molecule has 6 heteroatoms. The molecule has 33 heavy (non-hydrogen) atoms. The van der Waals surface area contributed by atoms with Crippen LogP contribution in [0.1, 0.15) is 18.1 Å². The van der Waals surface area contributed by atoms with Gasteiger partial charge < -0.3 is 9.47 Å². The minimum absolute atomic E-state index is 0.119. The zero-order chi connectivity index (χ0) is 23.2. The minimum Gasteiger partial charge on any atom is -0.490 e. The van der Waals surface area contributed by atoms with Crippen LogP contribution in [0.2, 0.25) is 0 Å². The summed E-state index contributed by atoms with van der Waals surface area (Å²) in [4.78, 5) is 13.5. The molecule has 0 aliphatic carbocycles. The summed E-state index contributed by atoms with van der Waals surface area (Å²) >= 11 is 3.54. The number of ether oxygens (including phenoxy) is 2. The average molecular weight is 501 g/mol. The van der Waals surface area contributed by atoms with Crippen molar-refractivity contribution in [2.75, 3.05) is 18.2 Å². The quantitative estimate of drug-likeness (QED) is 0.309. The first-order valence-electron chi connectivity index (χ1n) is 10.4. The number of amides is 1. The number of rotatable bonds is 7. The van der Waals surface area contributed by atoms with Crippen molar-refractivity contribution >= 4 is 39.3 Å². The molecule has 1 amide bonds. The van der Waals surface area contributed by atoms with Crippen molar-refractivity contribution in [3.63, 3.8) is 0 Å². The Bertz CT molecular complexity index is 1260. The van der Waals surface area contributed by atoms with Crippen LogP contribution in [0, 0.1) is 12.3 Å². The van der Waals surface area contributed by atoms with Crippen LogP contribution >= 0.6 is 15.9 Å². The van der Waals surface area contributed by atoms with E-state index in [-0.39, 0.29) is 12.5 Å². The van der Waals surface area contributed by atoms with Crippen molar-refractivity contribution in [3.05, 3.63) is 94.0 Å². The third-order valence-corrected chi connectivity index (χ3v) is 5.46. The number of benzene rings is 3. The summed E-state index contributed by atoms with van der Waals surface area (Å²) in [5.74, 6) is 3.32. The summed E-state index contributed by atoms with van der Waals surface area (Å²) in [7, 11) is 0. The number of terminal acetylenes is 1. The predicted octanol–water partition coefficient (Wildman–Crippen LogP) is 5.69. The van der Waals surface area contributed by atoms with Gasteiger partial charge in [-0.2, -0.15) is 10.1 Å². The number of hydrazone groups is 1. The Morgan fingerprint density at radius 2 is 1.76 bits per heavy atom. The van der Waals surface area contributed by atoms with Gasteiger partial charge in [0.05, 0.1) is 22.3 Å². The molecule has 0 fully saturated rings. The standard InChI is InChI=1S/C27H21BrN2O3/c1-3-15-33-26-23(28)17-19(18-24(26)32-4-2)16-22-25(20-11-7-5-8-12-20)29-30(27(22)31)21-13-9-6-10-14-21/h1,5-14,16-18H,4,15H2,2H3/b22-16-. The Hall–Kier alpha value is -3.82. The second-order valence-corrected chi connectivity index (χ2v) is 7.94. The average Bonchev–Trinajstić information content (AvgIpc) is 3.16. The van der Waals surface area contributed by atoms with Gasteiger partial charge in [-0.3, -0.25) is 4.79 Å². The molecule has 0 spiro atoms. The maximum atomic E-state index is 13.5. The molecule has 164 valence electrons. The molecule has 3 aromatic rings. The predicted molar refractivity (Wildman–Crippen MR) is 135 cm³/mol. The highest BCUT2D eigenvalue weighted by Gasteiger charge is 2.32. The Morgan fingerprint density at radius 3 is 2.42 bits per heavy atom. The smallest absolute Gasteiger partial charge is 0.281 e. The van der Waals surface area contributed by atoms with Gasteiger partial charge in [0.15, 0.2) is 11.5 Å². The number of hydrogen-bond donors (Lipinski definition) is 0. The van der Waals surface area contributed by atoms with E-state index in [1.807, 2.05) is 85.8 Å². The third-order valence-electron chi connectivity index (χ3n) is 4.87. The highest BCUT2D eigenvalue weighted by molar-refractivity contribution is 9.10. The summed E-state index contributed by atoms with van der Waals surface area (Å²) in [5, 5.41) is 6.10. The monoisotopic (exact) mass is 500 g/mol. The van der Waals surface area contributed by atoms with Crippen LogP contribution < -0.4 is 14.5 Å².